The number of amides is 1. The summed E-state index contributed by atoms with van der Waals surface area (Å²) in [4.78, 5) is 20.5. The zero-order valence-corrected chi connectivity index (χ0v) is 20.3. The van der Waals surface area contributed by atoms with Crippen molar-refractivity contribution in [3.05, 3.63) is 102 Å². The van der Waals surface area contributed by atoms with Gasteiger partial charge in [0.25, 0.3) is 5.91 Å². The van der Waals surface area contributed by atoms with Gasteiger partial charge in [0, 0.05) is 18.3 Å². The molecule has 1 N–H and O–H groups in total. The number of nitrogens with one attached hydrogen (secondary N) is 1. The molecule has 2 heterocycles. The summed E-state index contributed by atoms with van der Waals surface area (Å²) in [5.41, 5.74) is 0.200. The maximum absolute atomic E-state index is 13.0. The molecule has 0 radical (unpaired) electrons. The van der Waals surface area contributed by atoms with Crippen LogP contribution >= 0.6 is 0 Å². The van der Waals surface area contributed by atoms with Gasteiger partial charge in [-0.2, -0.15) is 13.2 Å². The predicted molar refractivity (Wildman–Crippen MR) is 130 cm³/mol. The molecule has 0 saturated carbocycles. The quantitative estimate of drug-likeness (QED) is 0.356. The van der Waals surface area contributed by atoms with Crippen molar-refractivity contribution < 1.29 is 30.8 Å². The summed E-state index contributed by atoms with van der Waals surface area (Å²) in [7, 11) is -3.88. The minimum Gasteiger partial charge on any atom is -0.439 e. The van der Waals surface area contributed by atoms with Crippen LogP contribution in [-0.4, -0.2) is 30.5 Å². The molecule has 0 aliphatic heterocycles. The monoisotopic (exact) mass is 530 g/mol. The van der Waals surface area contributed by atoms with E-state index in [-0.39, 0.29) is 30.2 Å². The van der Waals surface area contributed by atoms with Gasteiger partial charge in [0.1, 0.15) is 12.2 Å². The highest BCUT2D eigenvalue weighted by Gasteiger charge is 2.32. The fourth-order valence-corrected chi connectivity index (χ4v) is 4.34. The standard InChI is InChI=1S/C25H21F3N4O4S/c1-37(34,35)32(16-23-30-15-21(36-23)18-7-3-2-4-8-18)20-10-6-5-9-19(20)24(33)31-14-17-11-12-22(29-13-17)25(26,27)28/h2-13,15H,14,16H2,1H3,(H,31,33). The van der Waals surface area contributed by atoms with Gasteiger partial charge >= 0.3 is 6.18 Å². The molecule has 12 heteroatoms. The molecule has 2 aromatic carbocycles. The van der Waals surface area contributed by atoms with Crippen LogP contribution in [-0.2, 0) is 29.3 Å². The average Bonchev–Trinajstić information content (AvgIpc) is 3.34. The van der Waals surface area contributed by atoms with Crippen LogP contribution in [0, 0.1) is 0 Å². The molecular formula is C25H21F3N4O4S. The number of aromatic nitrogens is 2. The molecular weight excluding hydrogens is 509 g/mol. The van der Waals surface area contributed by atoms with E-state index >= 15 is 0 Å². The molecule has 1 amide bonds. The number of hydrogen-bond acceptors (Lipinski definition) is 6. The lowest BCUT2D eigenvalue weighted by molar-refractivity contribution is -0.141. The van der Waals surface area contributed by atoms with Gasteiger partial charge in [0.05, 0.1) is 23.7 Å². The number of benzene rings is 2. The van der Waals surface area contributed by atoms with Crippen molar-refractivity contribution in [2.75, 3.05) is 10.6 Å². The Balaban J connectivity index is 1.55. The lowest BCUT2D eigenvalue weighted by atomic mass is 10.1. The lowest BCUT2D eigenvalue weighted by Gasteiger charge is -2.23. The van der Waals surface area contributed by atoms with Crippen LogP contribution in [0.4, 0.5) is 18.9 Å². The first-order chi connectivity index (χ1) is 17.5. The molecule has 0 aliphatic carbocycles. The van der Waals surface area contributed by atoms with Crippen molar-refractivity contribution in [3.63, 3.8) is 0 Å². The average molecular weight is 531 g/mol. The Morgan fingerprint density at radius 3 is 2.32 bits per heavy atom. The Kier molecular flexibility index (Phi) is 7.30. The number of oxazole rings is 1. The number of rotatable bonds is 8. The summed E-state index contributed by atoms with van der Waals surface area (Å²) < 4.78 is 70.3. The van der Waals surface area contributed by atoms with Crippen LogP contribution in [0.15, 0.2) is 83.5 Å². The molecule has 0 fully saturated rings. The maximum atomic E-state index is 13.0. The molecule has 192 valence electrons. The minimum atomic E-state index is -4.57. The number of pyridine rings is 1. The molecule has 4 rings (SSSR count). The fourth-order valence-electron chi connectivity index (χ4n) is 3.48. The van der Waals surface area contributed by atoms with Crippen LogP contribution in [0.25, 0.3) is 11.3 Å². The first kappa shape index (κ1) is 25.9. The summed E-state index contributed by atoms with van der Waals surface area (Å²) >= 11 is 0. The third kappa shape index (κ3) is 6.33. The second-order valence-electron chi connectivity index (χ2n) is 8.00. The number of halogens is 3. The van der Waals surface area contributed by atoms with Gasteiger partial charge < -0.3 is 9.73 Å². The first-order valence-electron chi connectivity index (χ1n) is 10.9. The summed E-state index contributed by atoms with van der Waals surface area (Å²) in [6.45, 7) is -0.379. The summed E-state index contributed by atoms with van der Waals surface area (Å²) in [6.07, 6.45) is -1.07. The Bertz CT molecular complexity index is 1490. The Morgan fingerprint density at radius 1 is 0.973 bits per heavy atom. The van der Waals surface area contributed by atoms with Crippen molar-refractivity contribution in [2.24, 2.45) is 0 Å². The molecule has 0 spiro atoms. The number of carbonyl (C=O) groups is 1. The van der Waals surface area contributed by atoms with Crippen molar-refractivity contribution in [2.45, 2.75) is 19.3 Å². The summed E-state index contributed by atoms with van der Waals surface area (Å²) in [6, 6.07) is 17.2. The third-order valence-corrected chi connectivity index (χ3v) is 6.40. The predicted octanol–water partition coefficient (Wildman–Crippen LogP) is 4.65. The Labute approximate surface area is 210 Å². The van der Waals surface area contributed by atoms with E-state index in [4.69, 9.17) is 4.42 Å². The number of carbonyl (C=O) groups excluding carboxylic acids is 1. The van der Waals surface area contributed by atoms with E-state index in [0.29, 0.717) is 11.3 Å². The van der Waals surface area contributed by atoms with Crippen LogP contribution in [0.1, 0.15) is 27.5 Å². The van der Waals surface area contributed by atoms with E-state index in [2.05, 4.69) is 15.3 Å². The number of sulfonamides is 1. The summed E-state index contributed by atoms with van der Waals surface area (Å²) in [5, 5.41) is 2.59. The van der Waals surface area contributed by atoms with Crippen LogP contribution < -0.4 is 9.62 Å². The fraction of sp³-hybridized carbons (Fsp3) is 0.160. The molecule has 0 aliphatic rings. The molecule has 2 aromatic heterocycles. The van der Waals surface area contributed by atoms with Crippen LogP contribution in [0.3, 0.4) is 0 Å². The van der Waals surface area contributed by atoms with Gasteiger partial charge in [-0.15, -0.1) is 0 Å². The number of hydrogen-bond donors (Lipinski definition) is 1. The van der Waals surface area contributed by atoms with Crippen LogP contribution in [0.2, 0.25) is 0 Å². The van der Waals surface area contributed by atoms with E-state index < -0.39 is 27.8 Å². The van der Waals surface area contributed by atoms with E-state index in [9.17, 15) is 26.4 Å². The molecule has 37 heavy (non-hydrogen) atoms. The lowest BCUT2D eigenvalue weighted by Crippen LogP contribution is -2.32. The molecule has 0 unspecified atom stereocenters. The second-order valence-corrected chi connectivity index (χ2v) is 9.91. The molecule has 0 saturated heterocycles. The van der Waals surface area contributed by atoms with Gasteiger partial charge in [0.15, 0.2) is 5.76 Å². The molecule has 0 bridgehead atoms. The normalized spacial score (nSPS) is 11.8. The van der Waals surface area contributed by atoms with Gasteiger partial charge in [-0.3, -0.25) is 14.1 Å². The van der Waals surface area contributed by atoms with E-state index in [1.807, 2.05) is 30.3 Å². The number of anilines is 1. The molecule has 8 nitrogen and oxygen atoms in total. The van der Waals surface area contributed by atoms with Crippen LogP contribution in [0.5, 0.6) is 0 Å². The summed E-state index contributed by atoms with van der Waals surface area (Å²) in [5.74, 6) is -0.0444. The number of alkyl halides is 3. The van der Waals surface area contributed by atoms with Crippen molar-refractivity contribution in [1.82, 2.24) is 15.3 Å². The van der Waals surface area contributed by atoms with E-state index in [1.165, 1.54) is 24.4 Å². The number of para-hydroxylation sites is 1. The van der Waals surface area contributed by atoms with Gasteiger partial charge in [-0.25, -0.2) is 13.4 Å². The van der Waals surface area contributed by atoms with Gasteiger partial charge in [-0.1, -0.05) is 48.5 Å². The van der Waals surface area contributed by atoms with Gasteiger partial charge in [-0.05, 0) is 23.8 Å². The highest BCUT2D eigenvalue weighted by Crippen LogP contribution is 2.28. The third-order valence-electron chi connectivity index (χ3n) is 5.28. The largest absolute Gasteiger partial charge is 0.439 e. The minimum absolute atomic E-state index is 0.0441. The van der Waals surface area contributed by atoms with Crippen molar-refractivity contribution >= 4 is 21.6 Å². The zero-order valence-electron chi connectivity index (χ0n) is 19.4. The zero-order chi connectivity index (χ0) is 26.6. The highest BCUT2D eigenvalue weighted by atomic mass is 32.2. The SMILES string of the molecule is CS(=O)(=O)N(Cc1ncc(-c2ccccc2)o1)c1ccccc1C(=O)NCc1ccc(C(F)(F)F)nc1. The Hall–Kier alpha value is -4.19. The molecule has 4 aromatic rings. The second kappa shape index (κ2) is 10.4. The van der Waals surface area contributed by atoms with E-state index in [1.54, 1.807) is 12.1 Å². The van der Waals surface area contributed by atoms with Gasteiger partial charge in [0.2, 0.25) is 15.9 Å². The molecule has 0 atom stereocenters. The highest BCUT2D eigenvalue weighted by molar-refractivity contribution is 7.92. The smallest absolute Gasteiger partial charge is 0.433 e. The van der Waals surface area contributed by atoms with Crippen molar-refractivity contribution in [3.8, 4) is 11.3 Å². The first-order valence-corrected chi connectivity index (χ1v) is 12.7. The van der Waals surface area contributed by atoms with E-state index in [0.717, 1.165) is 28.4 Å². The van der Waals surface area contributed by atoms with Crippen molar-refractivity contribution in [1.29, 1.82) is 0 Å². The Morgan fingerprint density at radius 2 is 1.68 bits per heavy atom. The topological polar surface area (TPSA) is 105 Å². The maximum Gasteiger partial charge on any atom is 0.433 e. The number of nitrogens with zero attached hydrogens (tertiary/aromatic N) is 3.